The average molecular weight is 311 g/mol. The van der Waals surface area contributed by atoms with Crippen molar-refractivity contribution in [3.63, 3.8) is 0 Å². The zero-order valence-corrected chi connectivity index (χ0v) is 12.6. The van der Waals surface area contributed by atoms with Gasteiger partial charge in [0.2, 0.25) is 0 Å². The molecule has 0 spiro atoms. The maximum Gasteiger partial charge on any atom is 0.263 e. The second kappa shape index (κ2) is 6.24. The van der Waals surface area contributed by atoms with Gasteiger partial charge in [-0.25, -0.2) is 13.4 Å². The number of rotatable bonds is 5. The zero-order valence-electron chi connectivity index (χ0n) is 11.0. The Morgan fingerprint density at radius 1 is 1.15 bits per heavy atom. The van der Waals surface area contributed by atoms with Gasteiger partial charge in [0.1, 0.15) is 5.82 Å². The Morgan fingerprint density at radius 3 is 2.45 bits per heavy atom. The second-order valence-electron chi connectivity index (χ2n) is 4.35. The van der Waals surface area contributed by atoms with E-state index in [-0.39, 0.29) is 4.90 Å². The number of halogens is 1. The van der Waals surface area contributed by atoms with Crippen LogP contribution in [0.5, 0.6) is 0 Å². The fourth-order valence-corrected chi connectivity index (χ4v) is 2.96. The van der Waals surface area contributed by atoms with E-state index in [1.54, 1.807) is 49.4 Å². The topological polar surface area (TPSA) is 59.1 Å². The van der Waals surface area contributed by atoms with Crippen LogP contribution in [0.3, 0.4) is 0 Å². The Morgan fingerprint density at radius 2 is 1.85 bits per heavy atom. The normalized spacial score (nSPS) is 11.3. The fraction of sp³-hybridized carbons (Fsp3) is 0.214. The molecule has 0 saturated carbocycles. The molecule has 0 amide bonds. The molecule has 1 N–H and O–H groups in total. The minimum Gasteiger partial charge on any atom is -0.263 e. The van der Waals surface area contributed by atoms with E-state index in [0.29, 0.717) is 11.7 Å². The maximum absolute atomic E-state index is 12.2. The average Bonchev–Trinajstić information content (AvgIpc) is 2.39. The van der Waals surface area contributed by atoms with Gasteiger partial charge in [0.05, 0.1) is 4.90 Å². The molecule has 6 heteroatoms. The molecule has 0 atom stereocenters. The van der Waals surface area contributed by atoms with E-state index in [2.05, 4.69) is 9.71 Å². The summed E-state index contributed by atoms with van der Waals surface area (Å²) in [4.78, 5) is 4.33. The van der Waals surface area contributed by atoms with Crippen LogP contribution in [0.4, 0.5) is 5.82 Å². The van der Waals surface area contributed by atoms with E-state index >= 15 is 0 Å². The van der Waals surface area contributed by atoms with Gasteiger partial charge >= 0.3 is 0 Å². The van der Waals surface area contributed by atoms with Gasteiger partial charge in [-0.05, 0) is 43.2 Å². The van der Waals surface area contributed by atoms with Crippen molar-refractivity contribution in [2.75, 3.05) is 10.6 Å². The largest absolute Gasteiger partial charge is 0.263 e. The maximum atomic E-state index is 12.2. The number of sulfonamides is 1. The highest BCUT2D eigenvalue weighted by atomic mass is 35.5. The smallest absolute Gasteiger partial charge is 0.263 e. The first-order valence-corrected chi connectivity index (χ1v) is 8.14. The van der Waals surface area contributed by atoms with E-state index in [9.17, 15) is 8.42 Å². The quantitative estimate of drug-likeness (QED) is 0.864. The highest BCUT2D eigenvalue weighted by Crippen LogP contribution is 2.15. The van der Waals surface area contributed by atoms with Crippen molar-refractivity contribution in [3.05, 3.63) is 53.7 Å². The molecular weight excluding hydrogens is 296 g/mol. The van der Waals surface area contributed by atoms with Gasteiger partial charge in [0.15, 0.2) is 0 Å². The molecular formula is C14H15ClN2O2S. The summed E-state index contributed by atoms with van der Waals surface area (Å²) in [6.45, 7) is 1.80. The van der Waals surface area contributed by atoms with E-state index in [0.717, 1.165) is 17.7 Å². The molecule has 0 aliphatic carbocycles. The van der Waals surface area contributed by atoms with Crippen molar-refractivity contribution >= 4 is 27.4 Å². The van der Waals surface area contributed by atoms with E-state index in [1.165, 1.54) is 0 Å². The van der Waals surface area contributed by atoms with Crippen LogP contribution in [0, 0.1) is 6.92 Å². The highest BCUT2D eigenvalue weighted by molar-refractivity contribution is 7.92. The summed E-state index contributed by atoms with van der Waals surface area (Å²) in [7, 11) is -3.61. The van der Waals surface area contributed by atoms with Crippen LogP contribution < -0.4 is 4.72 Å². The van der Waals surface area contributed by atoms with Crippen LogP contribution in [0.1, 0.15) is 11.3 Å². The Bertz CT molecular complexity index is 685. The van der Waals surface area contributed by atoms with Gasteiger partial charge in [-0.1, -0.05) is 18.2 Å². The summed E-state index contributed by atoms with van der Waals surface area (Å²) in [5.74, 6) is 0.826. The van der Waals surface area contributed by atoms with Gasteiger partial charge in [-0.3, -0.25) is 4.72 Å². The van der Waals surface area contributed by atoms with Crippen LogP contribution in [0.15, 0.2) is 47.4 Å². The minimum absolute atomic E-state index is 0.208. The fourth-order valence-electron chi connectivity index (χ4n) is 1.74. The van der Waals surface area contributed by atoms with Crippen LogP contribution in [-0.4, -0.2) is 19.3 Å². The number of hydrogen-bond donors (Lipinski definition) is 1. The summed E-state index contributed by atoms with van der Waals surface area (Å²) < 4.78 is 26.9. The molecule has 0 unspecified atom stereocenters. The number of benzene rings is 1. The molecule has 20 heavy (non-hydrogen) atoms. The first kappa shape index (κ1) is 14.8. The van der Waals surface area contributed by atoms with E-state index in [1.807, 2.05) is 0 Å². The molecule has 2 aromatic rings. The Kier molecular flexibility index (Phi) is 4.62. The van der Waals surface area contributed by atoms with Crippen molar-refractivity contribution in [2.45, 2.75) is 18.2 Å². The molecule has 0 bridgehead atoms. The Hall–Kier alpha value is -1.59. The third-order valence-electron chi connectivity index (χ3n) is 2.74. The number of hydrogen-bond acceptors (Lipinski definition) is 3. The second-order valence-corrected chi connectivity index (χ2v) is 6.41. The summed E-state index contributed by atoms with van der Waals surface area (Å²) >= 11 is 5.65. The van der Waals surface area contributed by atoms with Crippen molar-refractivity contribution in [3.8, 4) is 0 Å². The molecule has 0 radical (unpaired) electrons. The number of nitrogens with zero attached hydrogens (tertiary/aromatic N) is 1. The molecule has 0 aliphatic heterocycles. The molecule has 1 heterocycles. The first-order valence-electron chi connectivity index (χ1n) is 6.12. The summed E-state index contributed by atoms with van der Waals surface area (Å²) in [6, 6.07) is 11.8. The van der Waals surface area contributed by atoms with E-state index in [4.69, 9.17) is 11.6 Å². The third kappa shape index (κ3) is 3.71. The lowest BCUT2D eigenvalue weighted by Gasteiger charge is -2.08. The summed E-state index contributed by atoms with van der Waals surface area (Å²) in [5, 5.41) is 0. The third-order valence-corrected chi connectivity index (χ3v) is 4.30. The van der Waals surface area contributed by atoms with Crippen LogP contribution in [0.2, 0.25) is 0 Å². The van der Waals surface area contributed by atoms with Crippen molar-refractivity contribution < 1.29 is 8.42 Å². The summed E-state index contributed by atoms with van der Waals surface area (Å²) in [6.07, 6.45) is 0.717. The van der Waals surface area contributed by atoms with Gasteiger partial charge < -0.3 is 0 Å². The zero-order chi connectivity index (χ0) is 14.6. The molecule has 0 aliphatic rings. The number of alkyl halides is 1. The number of aromatic nitrogens is 1. The Labute approximate surface area is 123 Å². The number of pyridine rings is 1. The highest BCUT2D eigenvalue weighted by Gasteiger charge is 2.14. The molecule has 106 valence electrons. The van der Waals surface area contributed by atoms with Crippen LogP contribution >= 0.6 is 11.6 Å². The van der Waals surface area contributed by atoms with E-state index < -0.39 is 10.0 Å². The molecule has 1 aromatic carbocycles. The molecule has 0 saturated heterocycles. The SMILES string of the molecule is Cc1cccc(NS(=O)(=O)c2ccc(CCCl)cc2)n1. The van der Waals surface area contributed by atoms with Crippen molar-refractivity contribution in [2.24, 2.45) is 0 Å². The standard InChI is InChI=1S/C14H15ClN2O2S/c1-11-3-2-4-14(16-11)17-20(18,19)13-7-5-12(6-8-13)9-10-15/h2-8H,9-10H2,1H3,(H,16,17). The number of anilines is 1. The van der Waals surface area contributed by atoms with Crippen LogP contribution in [0.25, 0.3) is 0 Å². The van der Waals surface area contributed by atoms with Gasteiger partial charge in [0, 0.05) is 11.6 Å². The molecule has 1 aromatic heterocycles. The lowest BCUT2D eigenvalue weighted by molar-refractivity contribution is 0.601. The monoisotopic (exact) mass is 310 g/mol. The number of nitrogens with one attached hydrogen (secondary N) is 1. The summed E-state index contributed by atoms with van der Waals surface area (Å²) in [5.41, 5.74) is 1.76. The van der Waals surface area contributed by atoms with Crippen molar-refractivity contribution in [1.29, 1.82) is 0 Å². The molecule has 4 nitrogen and oxygen atoms in total. The van der Waals surface area contributed by atoms with Gasteiger partial charge in [-0.15, -0.1) is 11.6 Å². The van der Waals surface area contributed by atoms with Crippen molar-refractivity contribution in [1.82, 2.24) is 4.98 Å². The van der Waals surface area contributed by atoms with Crippen LogP contribution in [-0.2, 0) is 16.4 Å². The van der Waals surface area contributed by atoms with Gasteiger partial charge in [0.25, 0.3) is 10.0 Å². The Balaban J connectivity index is 2.21. The minimum atomic E-state index is -3.61. The first-order chi connectivity index (χ1) is 9.51. The molecule has 0 fully saturated rings. The lowest BCUT2D eigenvalue weighted by Crippen LogP contribution is -2.14. The predicted octanol–water partition coefficient (Wildman–Crippen LogP) is 2.97. The lowest BCUT2D eigenvalue weighted by atomic mass is 10.2. The number of aryl methyl sites for hydroxylation is 2. The van der Waals surface area contributed by atoms with Gasteiger partial charge in [-0.2, -0.15) is 0 Å². The molecule has 2 rings (SSSR count). The predicted molar refractivity (Wildman–Crippen MR) is 80.6 cm³/mol.